The fourth-order valence-electron chi connectivity index (χ4n) is 1.68. The second kappa shape index (κ2) is 7.84. The molecule has 0 amide bonds. The van der Waals surface area contributed by atoms with Crippen molar-refractivity contribution in [3.05, 3.63) is 40.5 Å². The first-order chi connectivity index (χ1) is 10.2. The lowest BCUT2D eigenvalue weighted by Crippen LogP contribution is -2.09. The lowest BCUT2D eigenvalue weighted by atomic mass is 10.2. The quantitative estimate of drug-likeness (QED) is 0.792. The zero-order chi connectivity index (χ0) is 15.1. The fraction of sp³-hybridized carbons (Fsp3) is 0.286. The Bertz CT molecular complexity index is 639. The van der Waals surface area contributed by atoms with Crippen LogP contribution in [0.15, 0.2) is 24.3 Å². The van der Waals surface area contributed by atoms with Gasteiger partial charge in [-0.1, -0.05) is 23.7 Å². The van der Waals surface area contributed by atoms with Crippen LogP contribution in [0.4, 0.5) is 5.00 Å². The van der Waals surface area contributed by atoms with E-state index in [4.69, 9.17) is 26.3 Å². The molecule has 0 saturated carbocycles. The number of methoxy groups -OCH3 is 1. The third kappa shape index (κ3) is 4.33. The molecule has 0 fully saturated rings. The van der Waals surface area contributed by atoms with Gasteiger partial charge in [0.15, 0.2) is 5.15 Å². The van der Waals surface area contributed by atoms with Crippen LogP contribution >= 0.6 is 23.1 Å². The summed E-state index contributed by atoms with van der Waals surface area (Å²) in [7, 11) is 1.64. The van der Waals surface area contributed by atoms with Crippen molar-refractivity contribution in [1.82, 2.24) is 4.37 Å². The van der Waals surface area contributed by atoms with Crippen molar-refractivity contribution in [2.75, 3.05) is 25.6 Å². The maximum Gasteiger partial charge on any atom is 0.162 e. The van der Waals surface area contributed by atoms with Gasteiger partial charge in [0.05, 0.1) is 20.3 Å². The Balaban J connectivity index is 1.74. The third-order valence-corrected chi connectivity index (χ3v) is 3.88. The standard InChI is InChI=1S/C14H14ClN3O2S/c1-19-11-4-2-3-10(7-11)9-20-6-5-17-14-12(8-16)13(15)18-21-14/h2-4,7,17H,5-6,9H2,1H3. The first-order valence-electron chi connectivity index (χ1n) is 6.24. The number of halogens is 1. The zero-order valence-electron chi connectivity index (χ0n) is 11.4. The van der Waals surface area contributed by atoms with Crippen molar-refractivity contribution < 1.29 is 9.47 Å². The van der Waals surface area contributed by atoms with E-state index in [0.29, 0.717) is 30.3 Å². The Labute approximate surface area is 132 Å². The predicted octanol–water partition coefficient (Wildman–Crippen LogP) is 3.31. The summed E-state index contributed by atoms with van der Waals surface area (Å²) in [5.41, 5.74) is 1.43. The minimum absolute atomic E-state index is 0.238. The molecule has 1 heterocycles. The van der Waals surface area contributed by atoms with E-state index in [9.17, 15) is 0 Å². The van der Waals surface area contributed by atoms with Crippen molar-refractivity contribution in [3.8, 4) is 11.8 Å². The van der Waals surface area contributed by atoms with E-state index in [1.807, 2.05) is 30.3 Å². The summed E-state index contributed by atoms with van der Waals surface area (Å²) in [4.78, 5) is 0. The highest BCUT2D eigenvalue weighted by Crippen LogP contribution is 2.27. The molecule has 0 unspecified atom stereocenters. The normalized spacial score (nSPS) is 10.1. The van der Waals surface area contributed by atoms with Crippen LogP contribution in [0, 0.1) is 11.3 Å². The van der Waals surface area contributed by atoms with Gasteiger partial charge < -0.3 is 14.8 Å². The minimum atomic E-state index is 0.238. The lowest BCUT2D eigenvalue weighted by molar-refractivity contribution is 0.130. The average molecular weight is 324 g/mol. The SMILES string of the molecule is COc1cccc(COCCNc2snc(Cl)c2C#N)c1. The van der Waals surface area contributed by atoms with Crippen LogP contribution in [0.5, 0.6) is 5.75 Å². The Kier molecular flexibility index (Phi) is 5.81. The molecule has 0 aliphatic carbocycles. The maximum atomic E-state index is 8.94. The molecule has 0 spiro atoms. The molecule has 1 aromatic carbocycles. The number of aromatic nitrogens is 1. The van der Waals surface area contributed by atoms with Crippen molar-refractivity contribution in [3.63, 3.8) is 0 Å². The molecule has 7 heteroatoms. The molecule has 2 rings (SSSR count). The first kappa shape index (κ1) is 15.6. The second-order valence-corrected chi connectivity index (χ2v) is 5.25. The Morgan fingerprint density at radius 1 is 1.48 bits per heavy atom. The van der Waals surface area contributed by atoms with E-state index in [0.717, 1.165) is 11.3 Å². The molecule has 1 N–H and O–H groups in total. The van der Waals surface area contributed by atoms with Gasteiger partial charge in [0, 0.05) is 6.54 Å². The van der Waals surface area contributed by atoms with Gasteiger partial charge in [0.2, 0.25) is 0 Å². The highest BCUT2D eigenvalue weighted by molar-refractivity contribution is 7.10. The van der Waals surface area contributed by atoms with Gasteiger partial charge in [-0.25, -0.2) is 0 Å². The summed E-state index contributed by atoms with van der Waals surface area (Å²) < 4.78 is 14.6. The number of nitriles is 1. The van der Waals surface area contributed by atoms with E-state index >= 15 is 0 Å². The van der Waals surface area contributed by atoms with Crippen LogP contribution in [-0.4, -0.2) is 24.6 Å². The average Bonchev–Trinajstić information content (AvgIpc) is 2.87. The van der Waals surface area contributed by atoms with Gasteiger partial charge in [-0.3, -0.25) is 0 Å². The maximum absolute atomic E-state index is 8.94. The second-order valence-electron chi connectivity index (χ2n) is 4.12. The van der Waals surface area contributed by atoms with Crippen LogP contribution in [0.2, 0.25) is 5.15 Å². The molecular formula is C14H14ClN3O2S. The molecule has 0 bridgehead atoms. The predicted molar refractivity (Wildman–Crippen MR) is 83.0 cm³/mol. The molecule has 0 saturated heterocycles. The summed E-state index contributed by atoms with van der Waals surface area (Å²) in [6.45, 7) is 1.60. The monoisotopic (exact) mass is 323 g/mol. The molecule has 2 aromatic rings. The Hall–Kier alpha value is -1.81. The van der Waals surface area contributed by atoms with Gasteiger partial charge in [-0.2, -0.15) is 9.64 Å². The van der Waals surface area contributed by atoms with Gasteiger partial charge >= 0.3 is 0 Å². The number of hydrogen-bond donors (Lipinski definition) is 1. The third-order valence-electron chi connectivity index (χ3n) is 2.70. The smallest absolute Gasteiger partial charge is 0.162 e. The number of nitrogens with zero attached hydrogens (tertiary/aromatic N) is 2. The lowest BCUT2D eigenvalue weighted by Gasteiger charge is -2.07. The zero-order valence-corrected chi connectivity index (χ0v) is 13.0. The molecule has 0 radical (unpaired) electrons. The van der Waals surface area contributed by atoms with Crippen molar-refractivity contribution in [2.24, 2.45) is 0 Å². The minimum Gasteiger partial charge on any atom is -0.497 e. The molecule has 5 nitrogen and oxygen atoms in total. The molecule has 0 atom stereocenters. The molecular weight excluding hydrogens is 310 g/mol. The molecule has 21 heavy (non-hydrogen) atoms. The van der Waals surface area contributed by atoms with E-state index < -0.39 is 0 Å². The largest absolute Gasteiger partial charge is 0.497 e. The van der Waals surface area contributed by atoms with Crippen LogP contribution in [0.25, 0.3) is 0 Å². The number of benzene rings is 1. The van der Waals surface area contributed by atoms with Crippen molar-refractivity contribution in [1.29, 1.82) is 5.26 Å². The Morgan fingerprint density at radius 2 is 2.33 bits per heavy atom. The van der Waals surface area contributed by atoms with E-state index in [2.05, 4.69) is 9.69 Å². The molecule has 0 aliphatic rings. The highest BCUT2D eigenvalue weighted by atomic mass is 35.5. The summed E-state index contributed by atoms with van der Waals surface area (Å²) in [5, 5.41) is 12.9. The van der Waals surface area contributed by atoms with Crippen LogP contribution < -0.4 is 10.1 Å². The van der Waals surface area contributed by atoms with E-state index in [1.54, 1.807) is 7.11 Å². The summed E-state index contributed by atoms with van der Waals surface area (Å²) in [5.74, 6) is 0.812. The highest BCUT2D eigenvalue weighted by Gasteiger charge is 2.10. The molecule has 1 aromatic heterocycles. The summed E-state index contributed by atoms with van der Waals surface area (Å²) in [6.07, 6.45) is 0. The van der Waals surface area contributed by atoms with Crippen molar-refractivity contribution >= 4 is 28.1 Å². The summed E-state index contributed by atoms with van der Waals surface area (Å²) in [6, 6.07) is 9.75. The van der Waals surface area contributed by atoms with E-state index in [1.165, 1.54) is 11.5 Å². The van der Waals surface area contributed by atoms with Crippen LogP contribution in [0.1, 0.15) is 11.1 Å². The number of nitrogens with one attached hydrogen (secondary N) is 1. The van der Waals surface area contributed by atoms with Gasteiger partial charge in [0.1, 0.15) is 22.4 Å². The van der Waals surface area contributed by atoms with Gasteiger partial charge in [-0.15, -0.1) is 0 Å². The van der Waals surface area contributed by atoms with Crippen molar-refractivity contribution in [2.45, 2.75) is 6.61 Å². The number of ether oxygens (including phenoxy) is 2. The van der Waals surface area contributed by atoms with Crippen LogP contribution in [-0.2, 0) is 11.3 Å². The topological polar surface area (TPSA) is 67.2 Å². The number of hydrogen-bond acceptors (Lipinski definition) is 6. The molecule has 110 valence electrons. The van der Waals surface area contributed by atoms with Gasteiger partial charge in [0.25, 0.3) is 0 Å². The van der Waals surface area contributed by atoms with Gasteiger partial charge in [-0.05, 0) is 29.2 Å². The number of anilines is 1. The molecule has 0 aliphatic heterocycles. The van der Waals surface area contributed by atoms with Crippen LogP contribution in [0.3, 0.4) is 0 Å². The number of rotatable bonds is 7. The van der Waals surface area contributed by atoms with E-state index in [-0.39, 0.29) is 5.15 Å². The summed E-state index contributed by atoms with van der Waals surface area (Å²) >= 11 is 6.96. The Morgan fingerprint density at radius 3 is 3.10 bits per heavy atom. The fourth-order valence-corrected chi connectivity index (χ4v) is 2.64. The first-order valence-corrected chi connectivity index (χ1v) is 7.39.